The van der Waals surface area contributed by atoms with E-state index in [-0.39, 0.29) is 5.91 Å². The predicted octanol–water partition coefficient (Wildman–Crippen LogP) is 3.01. The van der Waals surface area contributed by atoms with Crippen molar-refractivity contribution < 1.29 is 9.21 Å². The molecule has 0 saturated heterocycles. The molecule has 2 aliphatic rings. The van der Waals surface area contributed by atoms with Gasteiger partial charge in [0.05, 0.1) is 11.8 Å². The van der Waals surface area contributed by atoms with Crippen LogP contribution in [0, 0.1) is 0 Å². The summed E-state index contributed by atoms with van der Waals surface area (Å²) in [7, 11) is 0. The molecule has 4 heteroatoms. The standard InChI is InChI=1S/C16H16N2O2/c19-16(12-5-6-20-10-12)17-14-2-1-11-8-18(15-3-4-15)9-13(11)7-14/h1-2,5-7,10,15H,3-4,8-9H2,(H,17,19). The largest absolute Gasteiger partial charge is 0.472 e. The Hall–Kier alpha value is -2.07. The van der Waals surface area contributed by atoms with Crippen LogP contribution >= 0.6 is 0 Å². The highest BCUT2D eigenvalue weighted by Gasteiger charge is 2.32. The molecule has 0 atom stereocenters. The third-order valence-corrected chi connectivity index (χ3v) is 4.06. The quantitative estimate of drug-likeness (QED) is 0.930. The predicted molar refractivity (Wildman–Crippen MR) is 75.4 cm³/mol. The van der Waals surface area contributed by atoms with Crippen molar-refractivity contribution in [2.24, 2.45) is 0 Å². The lowest BCUT2D eigenvalue weighted by Crippen LogP contribution is -2.18. The van der Waals surface area contributed by atoms with E-state index in [1.54, 1.807) is 6.07 Å². The molecule has 2 heterocycles. The summed E-state index contributed by atoms with van der Waals surface area (Å²) >= 11 is 0. The molecule has 20 heavy (non-hydrogen) atoms. The molecule has 1 aromatic heterocycles. The SMILES string of the molecule is O=C(Nc1ccc2c(c1)CN(C1CC1)C2)c1ccoc1. The van der Waals surface area contributed by atoms with Crippen molar-refractivity contribution in [3.05, 3.63) is 53.5 Å². The van der Waals surface area contributed by atoms with Crippen molar-refractivity contribution in [3.63, 3.8) is 0 Å². The molecule has 1 aliphatic heterocycles. The van der Waals surface area contributed by atoms with Gasteiger partial charge in [0.25, 0.3) is 5.91 Å². The number of amides is 1. The van der Waals surface area contributed by atoms with Crippen molar-refractivity contribution in [2.45, 2.75) is 32.0 Å². The summed E-state index contributed by atoms with van der Waals surface area (Å²) in [5.41, 5.74) is 4.12. The maximum atomic E-state index is 12.0. The maximum Gasteiger partial charge on any atom is 0.258 e. The molecule has 0 bridgehead atoms. The minimum absolute atomic E-state index is 0.129. The molecule has 1 saturated carbocycles. The molecule has 2 aromatic rings. The first-order valence-electron chi connectivity index (χ1n) is 6.99. The number of nitrogens with one attached hydrogen (secondary N) is 1. The van der Waals surface area contributed by atoms with Crippen LogP contribution in [-0.2, 0) is 13.1 Å². The first kappa shape index (κ1) is 11.7. The Labute approximate surface area is 117 Å². The van der Waals surface area contributed by atoms with E-state index in [9.17, 15) is 4.79 Å². The third kappa shape index (κ3) is 2.12. The minimum Gasteiger partial charge on any atom is -0.472 e. The fourth-order valence-electron chi connectivity index (χ4n) is 2.79. The fourth-order valence-corrected chi connectivity index (χ4v) is 2.79. The van der Waals surface area contributed by atoms with Gasteiger partial charge in [-0.25, -0.2) is 0 Å². The van der Waals surface area contributed by atoms with E-state index < -0.39 is 0 Å². The van der Waals surface area contributed by atoms with Gasteiger partial charge >= 0.3 is 0 Å². The van der Waals surface area contributed by atoms with Crippen molar-refractivity contribution in [3.8, 4) is 0 Å². The highest BCUT2D eigenvalue weighted by atomic mass is 16.3. The van der Waals surface area contributed by atoms with E-state index in [0.717, 1.165) is 24.8 Å². The zero-order chi connectivity index (χ0) is 13.5. The maximum absolute atomic E-state index is 12.0. The Morgan fingerprint density at radius 3 is 2.80 bits per heavy atom. The van der Waals surface area contributed by atoms with E-state index in [0.29, 0.717) is 5.56 Å². The molecule has 4 rings (SSSR count). The van der Waals surface area contributed by atoms with E-state index in [2.05, 4.69) is 22.3 Å². The summed E-state index contributed by atoms with van der Waals surface area (Å²) in [6.45, 7) is 2.06. The molecule has 1 fully saturated rings. The lowest BCUT2D eigenvalue weighted by molar-refractivity contribution is 0.102. The van der Waals surface area contributed by atoms with Gasteiger partial charge in [-0.05, 0) is 42.2 Å². The van der Waals surface area contributed by atoms with Crippen LogP contribution in [-0.4, -0.2) is 16.8 Å². The van der Waals surface area contributed by atoms with Gasteiger partial charge in [0, 0.05) is 24.8 Å². The second kappa shape index (κ2) is 4.49. The van der Waals surface area contributed by atoms with E-state index in [1.165, 1.54) is 36.5 Å². The first-order valence-corrected chi connectivity index (χ1v) is 6.99. The van der Waals surface area contributed by atoms with Crippen molar-refractivity contribution in [1.29, 1.82) is 0 Å². The first-order chi connectivity index (χ1) is 9.79. The van der Waals surface area contributed by atoms with Crippen LogP contribution in [0.5, 0.6) is 0 Å². The number of nitrogens with zero attached hydrogens (tertiary/aromatic N) is 1. The Balaban J connectivity index is 1.50. The topological polar surface area (TPSA) is 45.5 Å². The van der Waals surface area contributed by atoms with E-state index >= 15 is 0 Å². The molecule has 4 nitrogen and oxygen atoms in total. The average molecular weight is 268 g/mol. The van der Waals surface area contributed by atoms with Crippen LogP contribution in [0.3, 0.4) is 0 Å². The van der Waals surface area contributed by atoms with Crippen LogP contribution in [0.1, 0.15) is 34.3 Å². The highest BCUT2D eigenvalue weighted by Crippen LogP contribution is 2.35. The lowest BCUT2D eigenvalue weighted by Gasteiger charge is -2.12. The van der Waals surface area contributed by atoms with Gasteiger partial charge in [-0.1, -0.05) is 6.07 Å². The molecule has 102 valence electrons. The molecular formula is C16H16N2O2. The van der Waals surface area contributed by atoms with Crippen molar-refractivity contribution in [1.82, 2.24) is 4.90 Å². The van der Waals surface area contributed by atoms with Crippen molar-refractivity contribution >= 4 is 11.6 Å². The van der Waals surface area contributed by atoms with Gasteiger partial charge in [0.1, 0.15) is 6.26 Å². The number of fused-ring (bicyclic) bond motifs is 1. The highest BCUT2D eigenvalue weighted by molar-refractivity contribution is 6.04. The Morgan fingerprint density at radius 1 is 1.20 bits per heavy atom. The number of anilines is 1. The lowest BCUT2D eigenvalue weighted by atomic mass is 10.1. The van der Waals surface area contributed by atoms with Gasteiger partial charge in [0.15, 0.2) is 0 Å². The van der Waals surface area contributed by atoms with Crippen LogP contribution in [0.15, 0.2) is 41.2 Å². The smallest absolute Gasteiger partial charge is 0.258 e. The third-order valence-electron chi connectivity index (χ3n) is 4.06. The summed E-state index contributed by atoms with van der Waals surface area (Å²) in [6, 6.07) is 8.65. The number of benzene rings is 1. The molecule has 1 aliphatic carbocycles. The minimum atomic E-state index is -0.129. The summed E-state index contributed by atoms with van der Waals surface area (Å²) in [4.78, 5) is 14.5. The molecule has 0 radical (unpaired) electrons. The average Bonchev–Trinajstić information content (AvgIpc) is 3.00. The number of carbonyl (C=O) groups is 1. The van der Waals surface area contributed by atoms with Crippen LogP contribution in [0.2, 0.25) is 0 Å². The van der Waals surface area contributed by atoms with Gasteiger partial charge in [0.2, 0.25) is 0 Å². The van der Waals surface area contributed by atoms with E-state index in [4.69, 9.17) is 4.42 Å². The second-order valence-corrected chi connectivity index (χ2v) is 5.59. The fraction of sp³-hybridized carbons (Fsp3) is 0.312. The zero-order valence-corrected chi connectivity index (χ0v) is 11.1. The number of hydrogen-bond donors (Lipinski definition) is 1. The number of carbonyl (C=O) groups excluding carboxylic acids is 1. The number of furan rings is 1. The molecule has 1 aromatic carbocycles. The monoisotopic (exact) mass is 268 g/mol. The molecular weight excluding hydrogens is 252 g/mol. The van der Waals surface area contributed by atoms with Crippen LogP contribution in [0.25, 0.3) is 0 Å². The van der Waals surface area contributed by atoms with E-state index in [1.807, 2.05) is 6.07 Å². The Bertz CT molecular complexity index is 645. The van der Waals surface area contributed by atoms with Crippen LogP contribution in [0.4, 0.5) is 5.69 Å². The van der Waals surface area contributed by atoms with Crippen LogP contribution < -0.4 is 5.32 Å². The number of hydrogen-bond acceptors (Lipinski definition) is 3. The van der Waals surface area contributed by atoms with Gasteiger partial charge in [-0.15, -0.1) is 0 Å². The Morgan fingerprint density at radius 2 is 2.05 bits per heavy atom. The van der Waals surface area contributed by atoms with Gasteiger partial charge < -0.3 is 9.73 Å². The second-order valence-electron chi connectivity index (χ2n) is 5.59. The van der Waals surface area contributed by atoms with Crippen molar-refractivity contribution in [2.75, 3.05) is 5.32 Å². The normalized spacial score (nSPS) is 18.0. The summed E-state index contributed by atoms with van der Waals surface area (Å²) in [5, 5.41) is 2.92. The molecule has 1 amide bonds. The molecule has 0 unspecified atom stereocenters. The summed E-state index contributed by atoms with van der Waals surface area (Å²) in [5.74, 6) is -0.129. The molecule has 0 spiro atoms. The Kier molecular flexibility index (Phi) is 2.63. The number of rotatable bonds is 3. The summed E-state index contributed by atoms with van der Waals surface area (Å²) < 4.78 is 4.93. The summed E-state index contributed by atoms with van der Waals surface area (Å²) in [6.07, 6.45) is 5.62. The molecule has 1 N–H and O–H groups in total. The van der Waals surface area contributed by atoms with Gasteiger partial charge in [-0.2, -0.15) is 0 Å². The van der Waals surface area contributed by atoms with Gasteiger partial charge in [-0.3, -0.25) is 9.69 Å². The zero-order valence-electron chi connectivity index (χ0n) is 11.1.